The second-order valence-corrected chi connectivity index (χ2v) is 5.05. The lowest BCUT2D eigenvalue weighted by molar-refractivity contribution is -0.146. The maximum Gasteiger partial charge on any atom is 0.329 e. The predicted molar refractivity (Wildman–Crippen MR) is 70.5 cm³/mol. The Balaban J connectivity index is 1.82. The van der Waals surface area contributed by atoms with Crippen LogP contribution in [0.3, 0.4) is 0 Å². The van der Waals surface area contributed by atoms with Gasteiger partial charge < -0.3 is 4.90 Å². The Morgan fingerprint density at radius 3 is 2.78 bits per heavy atom. The van der Waals surface area contributed by atoms with Crippen molar-refractivity contribution in [1.29, 1.82) is 0 Å². The van der Waals surface area contributed by atoms with Crippen LogP contribution in [0.15, 0.2) is 22.6 Å². The molecule has 2 rings (SSSR count). The van der Waals surface area contributed by atoms with E-state index in [9.17, 15) is 9.59 Å². The molecule has 1 aromatic heterocycles. The van der Waals surface area contributed by atoms with Crippen LogP contribution in [-0.2, 0) is 9.59 Å². The molecular weight excluding hydrogens is 250 g/mol. The maximum absolute atomic E-state index is 11.7. The summed E-state index contributed by atoms with van der Waals surface area (Å²) in [6.45, 7) is 1.34. The Bertz CT molecular complexity index is 436. The van der Waals surface area contributed by atoms with Crippen molar-refractivity contribution >= 4 is 29.4 Å². The summed E-state index contributed by atoms with van der Waals surface area (Å²) >= 11 is 1.52. The molecular formula is C12H15N3O2S. The molecule has 1 aliphatic heterocycles. The van der Waals surface area contributed by atoms with Crippen LogP contribution in [-0.4, -0.2) is 36.0 Å². The van der Waals surface area contributed by atoms with Crippen LogP contribution in [0.1, 0.15) is 24.1 Å². The van der Waals surface area contributed by atoms with E-state index in [1.54, 1.807) is 4.90 Å². The Kier molecular flexibility index (Phi) is 4.46. The van der Waals surface area contributed by atoms with Gasteiger partial charge in [0.2, 0.25) is 0 Å². The summed E-state index contributed by atoms with van der Waals surface area (Å²) in [5.74, 6) is -1.15. The molecule has 0 spiro atoms. The topological polar surface area (TPSA) is 61.8 Å². The number of thiophene rings is 1. The molecule has 1 aliphatic rings. The quantitative estimate of drug-likeness (QED) is 0.496. The molecule has 1 N–H and O–H groups in total. The first-order chi connectivity index (χ1) is 8.77. The largest absolute Gasteiger partial charge is 0.334 e. The number of likely N-dealkylation sites (tertiary alicyclic amines) is 1. The molecule has 2 heterocycles. The summed E-state index contributed by atoms with van der Waals surface area (Å²) in [6, 6.07) is 3.78. The summed E-state index contributed by atoms with van der Waals surface area (Å²) < 4.78 is 0. The van der Waals surface area contributed by atoms with E-state index in [2.05, 4.69) is 10.5 Å². The predicted octanol–water partition coefficient (Wildman–Crippen LogP) is 1.21. The third-order valence-corrected chi connectivity index (χ3v) is 3.55. The van der Waals surface area contributed by atoms with Crippen LogP contribution in [0.4, 0.5) is 0 Å². The highest BCUT2D eigenvalue weighted by Gasteiger charge is 2.22. The fourth-order valence-corrected chi connectivity index (χ4v) is 2.39. The van der Waals surface area contributed by atoms with Gasteiger partial charge in [-0.2, -0.15) is 5.10 Å². The highest BCUT2D eigenvalue weighted by Crippen LogP contribution is 2.08. The first kappa shape index (κ1) is 12.8. The normalized spacial score (nSPS) is 15.9. The molecule has 0 atom stereocenters. The first-order valence-corrected chi connectivity index (χ1v) is 6.81. The van der Waals surface area contributed by atoms with Gasteiger partial charge in [-0.3, -0.25) is 9.59 Å². The zero-order chi connectivity index (χ0) is 12.8. The summed E-state index contributed by atoms with van der Waals surface area (Å²) in [6.07, 6.45) is 4.60. The van der Waals surface area contributed by atoms with Gasteiger partial charge in [-0.05, 0) is 30.7 Å². The number of piperidine rings is 1. The number of hydrogen-bond acceptors (Lipinski definition) is 4. The van der Waals surface area contributed by atoms with E-state index in [0.29, 0.717) is 13.1 Å². The van der Waals surface area contributed by atoms with Crippen LogP contribution in [0.5, 0.6) is 0 Å². The van der Waals surface area contributed by atoms with Crippen LogP contribution in [0.25, 0.3) is 0 Å². The molecule has 96 valence electrons. The van der Waals surface area contributed by atoms with E-state index in [0.717, 1.165) is 24.1 Å². The summed E-state index contributed by atoms with van der Waals surface area (Å²) in [5, 5.41) is 5.69. The molecule has 0 aromatic carbocycles. The molecule has 5 nitrogen and oxygen atoms in total. The maximum atomic E-state index is 11.7. The number of carbonyl (C=O) groups is 2. The summed E-state index contributed by atoms with van der Waals surface area (Å²) in [4.78, 5) is 25.8. The SMILES string of the molecule is O=C(N/N=C\c1cccs1)C(=O)N1CCCCC1. The molecule has 0 saturated carbocycles. The fraction of sp³-hybridized carbons (Fsp3) is 0.417. The van der Waals surface area contributed by atoms with E-state index in [1.165, 1.54) is 17.6 Å². The van der Waals surface area contributed by atoms with Gasteiger partial charge >= 0.3 is 11.8 Å². The van der Waals surface area contributed by atoms with Gasteiger partial charge in [-0.25, -0.2) is 5.43 Å². The van der Waals surface area contributed by atoms with Crippen molar-refractivity contribution in [3.63, 3.8) is 0 Å². The van der Waals surface area contributed by atoms with Crippen LogP contribution in [0.2, 0.25) is 0 Å². The lowest BCUT2D eigenvalue weighted by atomic mass is 10.1. The van der Waals surface area contributed by atoms with E-state index in [1.807, 2.05) is 17.5 Å². The minimum absolute atomic E-state index is 0.488. The van der Waals surface area contributed by atoms with E-state index in [4.69, 9.17) is 0 Å². The lowest BCUT2D eigenvalue weighted by Crippen LogP contribution is -2.43. The zero-order valence-electron chi connectivity index (χ0n) is 9.96. The Labute approximate surface area is 109 Å². The molecule has 1 aromatic rings. The Hall–Kier alpha value is -1.69. The van der Waals surface area contributed by atoms with Gasteiger partial charge in [0.25, 0.3) is 0 Å². The van der Waals surface area contributed by atoms with Crippen molar-refractivity contribution in [3.05, 3.63) is 22.4 Å². The number of nitrogens with zero attached hydrogens (tertiary/aromatic N) is 2. The van der Waals surface area contributed by atoms with Gasteiger partial charge in [0, 0.05) is 18.0 Å². The molecule has 0 bridgehead atoms. The first-order valence-electron chi connectivity index (χ1n) is 5.93. The van der Waals surface area contributed by atoms with Crippen molar-refractivity contribution < 1.29 is 9.59 Å². The van der Waals surface area contributed by atoms with Crippen molar-refractivity contribution in [2.24, 2.45) is 5.10 Å². The average molecular weight is 265 g/mol. The highest BCUT2D eigenvalue weighted by atomic mass is 32.1. The number of amides is 2. The molecule has 6 heteroatoms. The minimum Gasteiger partial charge on any atom is -0.334 e. The van der Waals surface area contributed by atoms with Crippen molar-refractivity contribution in [1.82, 2.24) is 10.3 Å². The third-order valence-electron chi connectivity index (χ3n) is 2.74. The molecule has 0 radical (unpaired) electrons. The van der Waals surface area contributed by atoms with Crippen LogP contribution in [0, 0.1) is 0 Å². The molecule has 0 aliphatic carbocycles. The van der Waals surface area contributed by atoms with Gasteiger partial charge in [0.1, 0.15) is 0 Å². The molecule has 1 saturated heterocycles. The number of hydrogen-bond donors (Lipinski definition) is 1. The second-order valence-electron chi connectivity index (χ2n) is 4.07. The number of carbonyl (C=O) groups excluding carboxylic acids is 2. The van der Waals surface area contributed by atoms with Gasteiger partial charge in [-0.1, -0.05) is 6.07 Å². The average Bonchev–Trinajstić information content (AvgIpc) is 2.92. The minimum atomic E-state index is -0.662. The van der Waals surface area contributed by atoms with Gasteiger partial charge in [0.05, 0.1) is 6.21 Å². The lowest BCUT2D eigenvalue weighted by Gasteiger charge is -2.25. The Morgan fingerprint density at radius 1 is 1.33 bits per heavy atom. The number of nitrogens with one attached hydrogen (secondary N) is 1. The van der Waals surface area contributed by atoms with Gasteiger partial charge in [-0.15, -0.1) is 11.3 Å². The molecule has 18 heavy (non-hydrogen) atoms. The number of rotatable bonds is 2. The smallest absolute Gasteiger partial charge is 0.329 e. The summed E-state index contributed by atoms with van der Waals surface area (Å²) in [5.41, 5.74) is 2.26. The molecule has 0 unspecified atom stereocenters. The van der Waals surface area contributed by atoms with Crippen LogP contribution >= 0.6 is 11.3 Å². The fourth-order valence-electron chi connectivity index (χ4n) is 1.81. The molecule has 1 fully saturated rings. The van der Waals surface area contributed by atoms with Crippen molar-refractivity contribution in [2.45, 2.75) is 19.3 Å². The molecule has 2 amide bonds. The van der Waals surface area contributed by atoms with Crippen molar-refractivity contribution in [2.75, 3.05) is 13.1 Å². The van der Waals surface area contributed by atoms with E-state index in [-0.39, 0.29) is 0 Å². The van der Waals surface area contributed by atoms with Crippen molar-refractivity contribution in [3.8, 4) is 0 Å². The second kappa shape index (κ2) is 6.30. The van der Waals surface area contributed by atoms with E-state index < -0.39 is 11.8 Å². The number of hydrazone groups is 1. The van der Waals surface area contributed by atoms with Crippen LogP contribution < -0.4 is 5.43 Å². The monoisotopic (exact) mass is 265 g/mol. The summed E-state index contributed by atoms with van der Waals surface area (Å²) in [7, 11) is 0. The standard InChI is InChI=1S/C12H15N3O2S/c16-11(12(17)15-6-2-1-3-7-15)14-13-9-10-5-4-8-18-10/h4-5,8-9H,1-3,6-7H2,(H,14,16)/b13-9-. The zero-order valence-corrected chi connectivity index (χ0v) is 10.8. The Morgan fingerprint density at radius 2 is 2.11 bits per heavy atom. The van der Waals surface area contributed by atoms with Gasteiger partial charge in [0.15, 0.2) is 0 Å². The highest BCUT2D eigenvalue weighted by molar-refractivity contribution is 7.11. The third kappa shape index (κ3) is 3.40. The van der Waals surface area contributed by atoms with E-state index >= 15 is 0 Å².